The van der Waals surface area contributed by atoms with E-state index in [2.05, 4.69) is 20.6 Å². The van der Waals surface area contributed by atoms with Crippen molar-refractivity contribution in [1.29, 1.82) is 0 Å². The lowest BCUT2D eigenvalue weighted by atomic mass is 9.72. The molecule has 1 aromatic heterocycles. The first kappa shape index (κ1) is 22.1. The molecule has 0 radical (unpaired) electrons. The van der Waals surface area contributed by atoms with Crippen LogP contribution in [-0.2, 0) is 20.9 Å². The Bertz CT molecular complexity index is 674. The van der Waals surface area contributed by atoms with Crippen molar-refractivity contribution in [3.63, 3.8) is 0 Å². The van der Waals surface area contributed by atoms with Gasteiger partial charge >= 0.3 is 0 Å². The van der Waals surface area contributed by atoms with Crippen LogP contribution in [0.3, 0.4) is 0 Å². The lowest BCUT2D eigenvalue weighted by Crippen LogP contribution is -2.69. The maximum absolute atomic E-state index is 12.5. The summed E-state index contributed by atoms with van der Waals surface area (Å²) in [5.41, 5.74) is 1.83. The van der Waals surface area contributed by atoms with Gasteiger partial charge in [-0.25, -0.2) is 4.98 Å². The van der Waals surface area contributed by atoms with Gasteiger partial charge in [-0.05, 0) is 39.0 Å². The van der Waals surface area contributed by atoms with Crippen LogP contribution in [0, 0.1) is 5.92 Å². The number of likely N-dealkylation sites (tertiary alicyclic amines) is 1. The minimum atomic E-state index is -0.672. The molecule has 8 nitrogen and oxygen atoms in total. The number of aromatic nitrogens is 1. The number of amides is 1. The second kappa shape index (κ2) is 9.51. The molecule has 3 heterocycles. The summed E-state index contributed by atoms with van der Waals surface area (Å²) < 4.78 is 6.14. The molecule has 1 aromatic rings. The highest BCUT2D eigenvalue weighted by molar-refractivity contribution is 7.07. The summed E-state index contributed by atoms with van der Waals surface area (Å²) in [6.07, 6.45) is 4.65. The predicted molar refractivity (Wildman–Crippen MR) is 109 cm³/mol. The fraction of sp³-hybridized carbons (Fsp3) is 0.750. The summed E-state index contributed by atoms with van der Waals surface area (Å²) in [6.45, 7) is 4.93. The number of hydrogen-bond acceptors (Lipinski definition) is 7. The van der Waals surface area contributed by atoms with Crippen molar-refractivity contribution in [2.24, 2.45) is 5.92 Å². The number of nitrogens with one attached hydrogen (secondary N) is 1. The van der Waals surface area contributed by atoms with Gasteiger partial charge in [0.05, 0.1) is 22.3 Å². The number of carbonyl (C=O) groups is 2. The average molecular weight is 426 g/mol. The molecule has 1 amide bonds. The van der Waals surface area contributed by atoms with E-state index in [-0.39, 0.29) is 18.3 Å². The molecular weight excluding hydrogens is 394 g/mol. The van der Waals surface area contributed by atoms with Gasteiger partial charge in [-0.2, -0.15) is 0 Å². The van der Waals surface area contributed by atoms with Crippen LogP contribution in [0.4, 0.5) is 0 Å². The first-order valence-electron chi connectivity index (χ1n) is 10.2. The second-order valence-corrected chi connectivity index (χ2v) is 9.18. The molecule has 162 valence electrons. The van der Waals surface area contributed by atoms with E-state index in [0.717, 1.165) is 57.4 Å². The molecule has 3 fully saturated rings. The van der Waals surface area contributed by atoms with Crippen LogP contribution >= 0.6 is 11.3 Å². The summed E-state index contributed by atoms with van der Waals surface area (Å²) in [5, 5.41) is 23.3. The normalized spacial score (nSPS) is 29.4. The smallest absolute Gasteiger partial charge is 0.290 e. The van der Waals surface area contributed by atoms with Gasteiger partial charge in [-0.15, -0.1) is 11.3 Å². The Hall–Kier alpha value is -1.55. The van der Waals surface area contributed by atoms with Crippen LogP contribution in [0.2, 0.25) is 0 Å². The first-order chi connectivity index (χ1) is 13.9. The number of aliphatic hydroxyl groups excluding tert-OH is 1. The Morgan fingerprint density at radius 3 is 2.66 bits per heavy atom. The van der Waals surface area contributed by atoms with Crippen molar-refractivity contribution in [2.75, 3.05) is 19.7 Å². The van der Waals surface area contributed by atoms with E-state index in [0.29, 0.717) is 13.0 Å². The van der Waals surface area contributed by atoms with Crippen molar-refractivity contribution in [1.82, 2.24) is 15.2 Å². The third kappa shape index (κ3) is 4.96. The SMILES string of the molecule is C[C@@]1(NC(=O)C2CCC2)CCOC2(CCN(Cc3cscn3)CC2)[C@H]1O.O=CO. The number of rotatable bonds is 4. The molecule has 29 heavy (non-hydrogen) atoms. The van der Waals surface area contributed by atoms with Crippen LogP contribution in [0.5, 0.6) is 0 Å². The summed E-state index contributed by atoms with van der Waals surface area (Å²) >= 11 is 1.62. The van der Waals surface area contributed by atoms with Gasteiger partial charge in [-0.3, -0.25) is 14.5 Å². The van der Waals surface area contributed by atoms with Gasteiger partial charge in [0, 0.05) is 37.5 Å². The predicted octanol–water partition coefficient (Wildman–Crippen LogP) is 1.63. The third-order valence-corrected chi connectivity index (χ3v) is 7.20. The molecule has 0 bridgehead atoms. The van der Waals surface area contributed by atoms with Crippen LogP contribution in [0.25, 0.3) is 0 Å². The zero-order chi connectivity index (χ0) is 20.9. The quantitative estimate of drug-likeness (QED) is 0.629. The number of piperidine rings is 1. The van der Waals surface area contributed by atoms with Crippen LogP contribution < -0.4 is 5.32 Å². The number of carbonyl (C=O) groups excluding carboxylic acids is 1. The highest BCUT2D eigenvalue weighted by Crippen LogP contribution is 2.40. The fourth-order valence-corrected chi connectivity index (χ4v) is 5.05. The van der Waals surface area contributed by atoms with E-state index in [1.807, 2.05) is 12.4 Å². The van der Waals surface area contributed by atoms with Crippen LogP contribution in [0.1, 0.15) is 51.1 Å². The first-order valence-corrected chi connectivity index (χ1v) is 11.2. The van der Waals surface area contributed by atoms with Gasteiger partial charge in [-0.1, -0.05) is 6.42 Å². The lowest BCUT2D eigenvalue weighted by Gasteiger charge is -2.54. The largest absolute Gasteiger partial charge is 0.483 e. The van der Waals surface area contributed by atoms with Gasteiger partial charge in [0.1, 0.15) is 6.10 Å². The third-order valence-electron chi connectivity index (χ3n) is 6.57. The Kier molecular flexibility index (Phi) is 7.26. The molecular formula is C20H31N3O5S. The zero-order valence-corrected chi connectivity index (χ0v) is 17.7. The highest BCUT2D eigenvalue weighted by atomic mass is 32.1. The summed E-state index contributed by atoms with van der Waals surface area (Å²) in [5.74, 6) is 0.244. The Morgan fingerprint density at radius 2 is 2.10 bits per heavy atom. The Morgan fingerprint density at radius 1 is 1.41 bits per heavy atom. The van der Waals surface area contributed by atoms with Crippen molar-refractivity contribution >= 4 is 23.7 Å². The van der Waals surface area contributed by atoms with Gasteiger partial charge < -0.3 is 20.3 Å². The monoisotopic (exact) mass is 425 g/mol. The highest BCUT2D eigenvalue weighted by Gasteiger charge is 2.54. The molecule has 0 unspecified atom stereocenters. The summed E-state index contributed by atoms with van der Waals surface area (Å²) in [4.78, 5) is 27.6. The number of ether oxygens (including phenoxy) is 1. The second-order valence-electron chi connectivity index (χ2n) is 8.46. The van der Waals surface area contributed by atoms with Crippen LogP contribution in [-0.4, -0.2) is 69.4 Å². The van der Waals surface area contributed by atoms with Crippen molar-refractivity contribution in [2.45, 2.75) is 69.2 Å². The molecule has 1 aliphatic carbocycles. The summed E-state index contributed by atoms with van der Waals surface area (Å²) in [7, 11) is 0. The van der Waals surface area contributed by atoms with E-state index in [9.17, 15) is 9.90 Å². The molecule has 4 rings (SSSR count). The maximum Gasteiger partial charge on any atom is 0.290 e. The average Bonchev–Trinajstić information content (AvgIpc) is 3.14. The summed E-state index contributed by atoms with van der Waals surface area (Å²) in [6, 6.07) is 0. The van der Waals surface area contributed by atoms with E-state index in [1.165, 1.54) is 0 Å². The molecule has 0 aromatic carbocycles. The lowest BCUT2D eigenvalue weighted by molar-refractivity contribution is -0.208. The number of nitrogens with zero attached hydrogens (tertiary/aromatic N) is 2. The zero-order valence-electron chi connectivity index (χ0n) is 16.9. The van der Waals surface area contributed by atoms with Crippen molar-refractivity contribution in [3.8, 4) is 0 Å². The molecule has 1 spiro atoms. The molecule has 3 aliphatic rings. The molecule has 3 N–H and O–H groups in total. The van der Waals surface area contributed by atoms with E-state index < -0.39 is 17.2 Å². The van der Waals surface area contributed by atoms with E-state index in [4.69, 9.17) is 14.6 Å². The minimum Gasteiger partial charge on any atom is -0.483 e. The number of thiazole rings is 1. The Balaban J connectivity index is 0.000000755. The molecule has 2 saturated heterocycles. The van der Waals surface area contributed by atoms with E-state index >= 15 is 0 Å². The minimum absolute atomic E-state index is 0.107. The molecule has 9 heteroatoms. The number of carboxylic acid groups (broad SMARTS) is 1. The van der Waals surface area contributed by atoms with Gasteiger partial charge in [0.15, 0.2) is 0 Å². The maximum atomic E-state index is 12.5. The molecule has 2 atom stereocenters. The molecule has 2 aliphatic heterocycles. The van der Waals surface area contributed by atoms with Gasteiger partial charge in [0.25, 0.3) is 6.47 Å². The topological polar surface area (TPSA) is 112 Å². The number of hydrogen-bond donors (Lipinski definition) is 3. The number of aliphatic hydroxyl groups is 1. The van der Waals surface area contributed by atoms with E-state index in [1.54, 1.807) is 11.3 Å². The Labute approximate surface area is 175 Å². The fourth-order valence-electron chi connectivity index (χ4n) is 4.50. The van der Waals surface area contributed by atoms with Crippen molar-refractivity contribution in [3.05, 3.63) is 16.6 Å². The standard InChI is InChI=1S/C19H29N3O3S.CH2O2/c1-18(21-16(23)14-3-2-4-14)7-10-25-19(17(18)24)5-8-22(9-6-19)11-15-12-26-13-20-15;2-1-3/h12-14,17,24H,2-11H2,1H3,(H,21,23);1H,(H,2,3)/t17-,18+;/m0./s1. The molecule has 1 saturated carbocycles. The van der Waals surface area contributed by atoms with Crippen molar-refractivity contribution < 1.29 is 24.5 Å². The van der Waals surface area contributed by atoms with Crippen LogP contribution in [0.15, 0.2) is 10.9 Å². The van der Waals surface area contributed by atoms with Gasteiger partial charge in [0.2, 0.25) is 5.91 Å².